The standard InChI is InChI=1S/C29H36N4O3/c1-19-6-11-23(34)22(18-19)25-24-26(31-30-25)28(35)33(13-5-12-32-14-16-36-17-15-32)27(24)20-7-9-21(10-8-20)29(2,3)4/h6-11,18,27,34H,5,12-17H2,1-4H3,(H,30,31)/t27-/m0/s1. The number of aryl methyl sites for hydroxylation is 1. The number of amides is 1. The fourth-order valence-corrected chi connectivity index (χ4v) is 5.27. The molecule has 0 aliphatic carbocycles. The van der Waals surface area contributed by atoms with Gasteiger partial charge in [-0.15, -0.1) is 0 Å². The molecule has 36 heavy (non-hydrogen) atoms. The molecule has 0 saturated carbocycles. The first-order valence-corrected chi connectivity index (χ1v) is 12.8. The predicted octanol–water partition coefficient (Wildman–Crippen LogP) is 4.66. The van der Waals surface area contributed by atoms with Crippen molar-refractivity contribution in [2.24, 2.45) is 0 Å². The normalized spacial score (nSPS) is 18.6. The summed E-state index contributed by atoms with van der Waals surface area (Å²) in [6.07, 6.45) is 0.880. The van der Waals surface area contributed by atoms with Crippen molar-refractivity contribution in [1.29, 1.82) is 0 Å². The van der Waals surface area contributed by atoms with Crippen molar-refractivity contribution in [1.82, 2.24) is 20.0 Å². The van der Waals surface area contributed by atoms with E-state index in [2.05, 4.69) is 60.1 Å². The number of nitrogens with zero attached hydrogens (tertiary/aromatic N) is 3. The highest BCUT2D eigenvalue weighted by atomic mass is 16.5. The number of carbonyl (C=O) groups is 1. The fourth-order valence-electron chi connectivity index (χ4n) is 5.27. The minimum Gasteiger partial charge on any atom is -0.507 e. The predicted molar refractivity (Wildman–Crippen MR) is 140 cm³/mol. The van der Waals surface area contributed by atoms with Gasteiger partial charge in [0.1, 0.15) is 17.1 Å². The zero-order chi connectivity index (χ0) is 25.4. The summed E-state index contributed by atoms with van der Waals surface area (Å²) in [5.74, 6) is 0.123. The van der Waals surface area contributed by atoms with E-state index in [-0.39, 0.29) is 23.1 Å². The van der Waals surface area contributed by atoms with E-state index in [4.69, 9.17) is 4.74 Å². The Morgan fingerprint density at radius 2 is 1.81 bits per heavy atom. The molecule has 3 heterocycles. The summed E-state index contributed by atoms with van der Waals surface area (Å²) in [5, 5.41) is 18.2. The third-order valence-electron chi connectivity index (χ3n) is 7.34. The molecule has 2 N–H and O–H groups in total. The molecule has 2 aliphatic rings. The van der Waals surface area contributed by atoms with Crippen LogP contribution in [-0.2, 0) is 10.2 Å². The molecule has 1 atom stereocenters. The Labute approximate surface area is 213 Å². The number of fused-ring (bicyclic) bond motifs is 1. The number of phenols is 1. The van der Waals surface area contributed by atoms with Crippen LogP contribution >= 0.6 is 0 Å². The number of aromatic nitrogens is 2. The van der Waals surface area contributed by atoms with Crippen molar-refractivity contribution < 1.29 is 14.6 Å². The summed E-state index contributed by atoms with van der Waals surface area (Å²) < 4.78 is 5.47. The Balaban J connectivity index is 1.51. The van der Waals surface area contributed by atoms with E-state index in [9.17, 15) is 9.90 Å². The van der Waals surface area contributed by atoms with Gasteiger partial charge in [-0.25, -0.2) is 0 Å². The lowest BCUT2D eigenvalue weighted by Crippen LogP contribution is -2.38. The summed E-state index contributed by atoms with van der Waals surface area (Å²) in [7, 11) is 0. The maximum Gasteiger partial charge on any atom is 0.273 e. The maximum atomic E-state index is 13.6. The molecule has 1 aromatic heterocycles. The Morgan fingerprint density at radius 3 is 2.50 bits per heavy atom. The van der Waals surface area contributed by atoms with Crippen LogP contribution in [-0.4, -0.2) is 70.4 Å². The Morgan fingerprint density at radius 1 is 1.08 bits per heavy atom. The fraction of sp³-hybridized carbons (Fsp3) is 0.448. The average molecular weight is 489 g/mol. The Bertz CT molecular complexity index is 1240. The van der Waals surface area contributed by atoms with Crippen molar-refractivity contribution in [3.63, 3.8) is 0 Å². The summed E-state index contributed by atoms with van der Waals surface area (Å²) in [6.45, 7) is 13.6. The monoisotopic (exact) mass is 488 g/mol. The molecule has 1 fully saturated rings. The summed E-state index contributed by atoms with van der Waals surface area (Å²) >= 11 is 0. The van der Waals surface area contributed by atoms with Crippen LogP contribution in [0.25, 0.3) is 11.3 Å². The van der Waals surface area contributed by atoms with E-state index in [1.165, 1.54) is 5.56 Å². The number of aromatic hydroxyl groups is 1. The molecular formula is C29H36N4O3. The second-order valence-corrected chi connectivity index (χ2v) is 11.0. The number of H-pyrrole nitrogens is 1. The van der Waals surface area contributed by atoms with E-state index < -0.39 is 0 Å². The molecule has 0 spiro atoms. The van der Waals surface area contributed by atoms with Crippen LogP contribution in [0, 0.1) is 6.92 Å². The number of hydrogen-bond acceptors (Lipinski definition) is 5. The van der Waals surface area contributed by atoms with E-state index in [0.717, 1.165) is 56.0 Å². The molecule has 1 amide bonds. The van der Waals surface area contributed by atoms with Gasteiger partial charge in [0.05, 0.1) is 19.3 Å². The maximum absolute atomic E-state index is 13.6. The van der Waals surface area contributed by atoms with Crippen LogP contribution < -0.4 is 0 Å². The molecule has 5 rings (SSSR count). The molecule has 0 radical (unpaired) electrons. The second-order valence-electron chi connectivity index (χ2n) is 11.0. The highest BCUT2D eigenvalue weighted by Crippen LogP contribution is 2.45. The van der Waals surface area contributed by atoms with E-state index in [1.54, 1.807) is 6.07 Å². The number of ether oxygens (including phenoxy) is 1. The molecule has 190 valence electrons. The van der Waals surface area contributed by atoms with E-state index in [0.29, 0.717) is 23.5 Å². The molecular weight excluding hydrogens is 452 g/mol. The van der Waals surface area contributed by atoms with Crippen LogP contribution in [0.5, 0.6) is 5.75 Å². The molecule has 0 unspecified atom stereocenters. The lowest BCUT2D eigenvalue weighted by molar-refractivity contribution is 0.0354. The minimum absolute atomic E-state index is 0.0391. The molecule has 7 heteroatoms. The van der Waals surface area contributed by atoms with Gasteiger partial charge in [-0.1, -0.05) is 56.7 Å². The van der Waals surface area contributed by atoms with Crippen molar-refractivity contribution in [2.75, 3.05) is 39.4 Å². The van der Waals surface area contributed by atoms with Crippen LogP contribution in [0.15, 0.2) is 42.5 Å². The molecule has 3 aromatic rings. The number of nitrogens with one attached hydrogen (secondary N) is 1. The van der Waals surface area contributed by atoms with Crippen LogP contribution in [0.2, 0.25) is 0 Å². The number of aromatic amines is 1. The minimum atomic E-state index is -0.264. The first-order valence-electron chi connectivity index (χ1n) is 12.8. The highest BCUT2D eigenvalue weighted by molar-refractivity contribution is 6.00. The number of carbonyl (C=O) groups excluding carboxylic acids is 1. The average Bonchev–Trinajstić information content (AvgIpc) is 3.40. The Hall–Kier alpha value is -3.16. The molecule has 7 nitrogen and oxygen atoms in total. The first-order chi connectivity index (χ1) is 17.2. The zero-order valence-electron chi connectivity index (χ0n) is 21.7. The van der Waals surface area contributed by atoms with Gasteiger partial charge in [0.15, 0.2) is 0 Å². The van der Waals surface area contributed by atoms with Gasteiger partial charge >= 0.3 is 0 Å². The number of rotatable bonds is 6. The molecule has 0 bridgehead atoms. The van der Waals surface area contributed by atoms with Gasteiger partial charge in [0, 0.05) is 37.3 Å². The van der Waals surface area contributed by atoms with E-state index >= 15 is 0 Å². The highest BCUT2D eigenvalue weighted by Gasteiger charge is 2.42. The van der Waals surface area contributed by atoms with Gasteiger partial charge < -0.3 is 14.7 Å². The van der Waals surface area contributed by atoms with Gasteiger partial charge in [-0.05, 0) is 42.0 Å². The SMILES string of the molecule is Cc1ccc(O)c(-c2n[nH]c3c2[C@H](c2ccc(C(C)(C)C)cc2)N(CCCN2CCOCC2)C3=O)c1. The number of phenolic OH excluding ortho intramolecular Hbond substituents is 1. The summed E-state index contributed by atoms with van der Waals surface area (Å²) in [5.41, 5.74) is 6.01. The first kappa shape index (κ1) is 24.5. The lowest BCUT2D eigenvalue weighted by Gasteiger charge is -2.30. The quantitative estimate of drug-likeness (QED) is 0.528. The van der Waals surface area contributed by atoms with Gasteiger partial charge in [0.2, 0.25) is 0 Å². The number of benzene rings is 2. The van der Waals surface area contributed by atoms with Gasteiger partial charge in [-0.3, -0.25) is 14.8 Å². The van der Waals surface area contributed by atoms with Crippen molar-refractivity contribution >= 4 is 5.91 Å². The third-order valence-corrected chi connectivity index (χ3v) is 7.34. The largest absolute Gasteiger partial charge is 0.507 e. The van der Waals surface area contributed by atoms with E-state index in [1.807, 2.05) is 24.0 Å². The number of hydrogen-bond donors (Lipinski definition) is 2. The molecule has 1 saturated heterocycles. The number of morpholine rings is 1. The Kier molecular flexibility index (Phi) is 6.62. The summed E-state index contributed by atoms with van der Waals surface area (Å²) in [4.78, 5) is 18.0. The van der Waals surface area contributed by atoms with Crippen molar-refractivity contribution in [3.8, 4) is 17.0 Å². The molecule has 2 aromatic carbocycles. The van der Waals surface area contributed by atoms with Gasteiger partial charge in [0.25, 0.3) is 5.91 Å². The van der Waals surface area contributed by atoms with Crippen LogP contribution in [0.4, 0.5) is 0 Å². The zero-order valence-corrected chi connectivity index (χ0v) is 21.7. The van der Waals surface area contributed by atoms with Crippen LogP contribution in [0.3, 0.4) is 0 Å². The third kappa shape index (κ3) is 4.65. The lowest BCUT2D eigenvalue weighted by atomic mass is 9.85. The smallest absolute Gasteiger partial charge is 0.273 e. The van der Waals surface area contributed by atoms with Crippen LogP contribution in [0.1, 0.15) is 66.0 Å². The van der Waals surface area contributed by atoms with Crippen molar-refractivity contribution in [3.05, 3.63) is 70.4 Å². The molecule has 2 aliphatic heterocycles. The second kappa shape index (κ2) is 9.71. The summed E-state index contributed by atoms with van der Waals surface area (Å²) in [6, 6.07) is 13.8. The topological polar surface area (TPSA) is 81.7 Å². The van der Waals surface area contributed by atoms with Crippen molar-refractivity contribution in [2.45, 2.75) is 45.6 Å². The van der Waals surface area contributed by atoms with Gasteiger partial charge in [-0.2, -0.15) is 5.10 Å².